The second kappa shape index (κ2) is 6.39. The fourth-order valence-corrected chi connectivity index (χ4v) is 0.868. The maximum Gasteiger partial charge on any atom is 0.394 e. The second-order valence-electron chi connectivity index (χ2n) is 3.11. The van der Waals surface area contributed by atoms with E-state index in [0.29, 0.717) is 6.04 Å². The molecule has 1 aromatic carbocycles. The van der Waals surface area contributed by atoms with Crippen LogP contribution >= 0.6 is 0 Å². The van der Waals surface area contributed by atoms with Crippen molar-refractivity contribution in [3.05, 3.63) is 30.3 Å². The summed E-state index contributed by atoms with van der Waals surface area (Å²) >= 11 is 0. The molecular weight excluding hydrogens is 218 g/mol. The first-order chi connectivity index (χ1) is 6.79. The predicted molar refractivity (Wildman–Crippen MR) is 59.4 cm³/mol. The Balaban J connectivity index is 0.000000336. The van der Waals surface area contributed by atoms with E-state index < -0.39 is 10.4 Å². The van der Waals surface area contributed by atoms with Gasteiger partial charge in [-0.2, -0.15) is 8.42 Å². The van der Waals surface area contributed by atoms with E-state index in [1.165, 1.54) is 5.69 Å². The Morgan fingerprint density at radius 1 is 1.13 bits per heavy atom. The number of hydrogen-bond donors (Lipinski definition) is 3. The zero-order chi connectivity index (χ0) is 11.9. The first-order valence-electron chi connectivity index (χ1n) is 4.30. The van der Waals surface area contributed by atoms with Gasteiger partial charge in [-0.1, -0.05) is 18.2 Å². The molecule has 0 aliphatic heterocycles. The van der Waals surface area contributed by atoms with Crippen LogP contribution in [0.25, 0.3) is 0 Å². The quantitative estimate of drug-likeness (QED) is 0.679. The summed E-state index contributed by atoms with van der Waals surface area (Å²) < 4.78 is 31.6. The highest BCUT2D eigenvalue weighted by Gasteiger charge is 1.90. The first-order valence-corrected chi connectivity index (χ1v) is 5.70. The Hall–Kier alpha value is -1.11. The van der Waals surface area contributed by atoms with Crippen LogP contribution in [0.2, 0.25) is 0 Å². The lowest BCUT2D eigenvalue weighted by Crippen LogP contribution is -2.08. The summed E-state index contributed by atoms with van der Waals surface area (Å²) in [7, 11) is -4.67. The predicted octanol–water partition coefficient (Wildman–Crippen LogP) is 1.85. The minimum atomic E-state index is -4.67. The molecule has 0 saturated heterocycles. The van der Waals surface area contributed by atoms with Crippen molar-refractivity contribution in [1.29, 1.82) is 0 Å². The molecular formula is C9H15NO4S. The number of nitrogens with one attached hydrogen (secondary N) is 1. The molecule has 0 bridgehead atoms. The monoisotopic (exact) mass is 233 g/mol. The first kappa shape index (κ1) is 13.9. The van der Waals surface area contributed by atoms with Crippen molar-refractivity contribution in [1.82, 2.24) is 0 Å². The van der Waals surface area contributed by atoms with Gasteiger partial charge in [-0.15, -0.1) is 0 Å². The van der Waals surface area contributed by atoms with Crippen molar-refractivity contribution in [3.8, 4) is 0 Å². The van der Waals surface area contributed by atoms with Gasteiger partial charge in [0.25, 0.3) is 0 Å². The number of benzene rings is 1. The fraction of sp³-hybridized carbons (Fsp3) is 0.333. The van der Waals surface area contributed by atoms with E-state index in [9.17, 15) is 0 Å². The molecule has 1 aromatic rings. The number of hydrogen-bond acceptors (Lipinski definition) is 3. The minimum absolute atomic E-state index is 0.516. The molecule has 0 amide bonds. The number of rotatable bonds is 2. The largest absolute Gasteiger partial charge is 0.394 e. The summed E-state index contributed by atoms with van der Waals surface area (Å²) in [5.41, 5.74) is 1.19. The standard InChI is InChI=1S/C9H13N.H2O4S/c1-8(2)10-9-6-4-3-5-7-9;1-5(2,3)4/h3-8,10H,1-2H3;(H2,1,2,3,4). The molecule has 0 atom stereocenters. The van der Waals surface area contributed by atoms with Crippen molar-refractivity contribution < 1.29 is 17.5 Å². The molecule has 0 saturated carbocycles. The van der Waals surface area contributed by atoms with E-state index in [4.69, 9.17) is 17.5 Å². The van der Waals surface area contributed by atoms with Crippen molar-refractivity contribution in [2.45, 2.75) is 19.9 Å². The lowest BCUT2D eigenvalue weighted by atomic mass is 10.3. The van der Waals surface area contributed by atoms with E-state index >= 15 is 0 Å². The van der Waals surface area contributed by atoms with Crippen LogP contribution in [0.15, 0.2) is 30.3 Å². The highest BCUT2D eigenvalue weighted by Crippen LogP contribution is 2.05. The average Bonchev–Trinajstić information content (AvgIpc) is 2.01. The van der Waals surface area contributed by atoms with E-state index in [1.807, 2.05) is 18.2 Å². The molecule has 5 nitrogen and oxygen atoms in total. The third kappa shape index (κ3) is 12.9. The molecule has 6 heteroatoms. The van der Waals surface area contributed by atoms with Gasteiger partial charge < -0.3 is 5.32 Å². The van der Waals surface area contributed by atoms with Crippen LogP contribution in [0.4, 0.5) is 5.69 Å². The average molecular weight is 233 g/mol. The Morgan fingerprint density at radius 2 is 1.53 bits per heavy atom. The van der Waals surface area contributed by atoms with Crippen LogP contribution in [-0.2, 0) is 10.4 Å². The van der Waals surface area contributed by atoms with Gasteiger partial charge >= 0.3 is 10.4 Å². The van der Waals surface area contributed by atoms with Crippen molar-refractivity contribution in [3.63, 3.8) is 0 Å². The van der Waals surface area contributed by atoms with E-state index in [0.717, 1.165) is 0 Å². The molecule has 0 aromatic heterocycles. The summed E-state index contributed by atoms with van der Waals surface area (Å²) in [6.07, 6.45) is 0. The Kier molecular flexibility index (Phi) is 5.92. The van der Waals surface area contributed by atoms with Gasteiger partial charge in [-0.05, 0) is 26.0 Å². The lowest BCUT2D eigenvalue weighted by Gasteiger charge is -2.08. The molecule has 0 unspecified atom stereocenters. The molecule has 1 rings (SSSR count). The number of para-hydroxylation sites is 1. The zero-order valence-corrected chi connectivity index (χ0v) is 9.40. The van der Waals surface area contributed by atoms with Gasteiger partial charge in [-0.25, -0.2) is 0 Å². The van der Waals surface area contributed by atoms with Crippen LogP contribution in [0.5, 0.6) is 0 Å². The maximum absolute atomic E-state index is 8.74. The van der Waals surface area contributed by atoms with E-state index in [1.54, 1.807) is 0 Å². The zero-order valence-electron chi connectivity index (χ0n) is 8.58. The molecule has 0 radical (unpaired) electrons. The molecule has 3 N–H and O–H groups in total. The minimum Gasteiger partial charge on any atom is -0.383 e. The molecule has 86 valence electrons. The van der Waals surface area contributed by atoms with E-state index in [2.05, 4.69) is 31.3 Å². The van der Waals surface area contributed by atoms with Gasteiger partial charge in [-0.3, -0.25) is 9.11 Å². The van der Waals surface area contributed by atoms with Crippen LogP contribution in [0.1, 0.15) is 13.8 Å². The third-order valence-corrected chi connectivity index (χ3v) is 1.23. The SMILES string of the molecule is CC(C)Nc1ccccc1.O=S(=O)(O)O. The Bertz CT molecular complexity index is 353. The summed E-state index contributed by atoms with van der Waals surface area (Å²) in [6.45, 7) is 4.26. The van der Waals surface area contributed by atoms with Crippen molar-refractivity contribution >= 4 is 16.1 Å². The third-order valence-electron chi connectivity index (χ3n) is 1.23. The molecule has 0 heterocycles. The van der Waals surface area contributed by atoms with Gasteiger partial charge in [0.2, 0.25) is 0 Å². The van der Waals surface area contributed by atoms with Gasteiger partial charge in [0.05, 0.1) is 0 Å². The topological polar surface area (TPSA) is 86.6 Å². The number of anilines is 1. The van der Waals surface area contributed by atoms with Crippen LogP contribution in [-0.4, -0.2) is 23.6 Å². The molecule has 0 aliphatic rings. The summed E-state index contributed by atoms with van der Waals surface area (Å²) in [4.78, 5) is 0. The summed E-state index contributed by atoms with van der Waals surface area (Å²) in [5, 5.41) is 3.30. The highest BCUT2D eigenvalue weighted by atomic mass is 32.3. The Morgan fingerprint density at radius 3 is 1.87 bits per heavy atom. The highest BCUT2D eigenvalue weighted by molar-refractivity contribution is 7.79. The fourth-order valence-electron chi connectivity index (χ4n) is 0.868. The molecule has 0 fully saturated rings. The van der Waals surface area contributed by atoms with Crippen LogP contribution < -0.4 is 5.32 Å². The summed E-state index contributed by atoms with van der Waals surface area (Å²) in [6, 6.07) is 10.7. The van der Waals surface area contributed by atoms with Gasteiger partial charge in [0.1, 0.15) is 0 Å². The lowest BCUT2D eigenvalue weighted by molar-refractivity contribution is 0.381. The Labute approximate surface area is 89.7 Å². The molecule has 15 heavy (non-hydrogen) atoms. The van der Waals surface area contributed by atoms with Gasteiger partial charge in [0.15, 0.2) is 0 Å². The van der Waals surface area contributed by atoms with Gasteiger partial charge in [0, 0.05) is 11.7 Å². The van der Waals surface area contributed by atoms with Crippen LogP contribution in [0, 0.1) is 0 Å². The van der Waals surface area contributed by atoms with Crippen molar-refractivity contribution in [2.75, 3.05) is 5.32 Å². The van der Waals surface area contributed by atoms with Crippen molar-refractivity contribution in [2.24, 2.45) is 0 Å². The molecule has 0 aliphatic carbocycles. The smallest absolute Gasteiger partial charge is 0.383 e. The van der Waals surface area contributed by atoms with E-state index in [-0.39, 0.29) is 0 Å². The second-order valence-corrected chi connectivity index (χ2v) is 4.01. The maximum atomic E-state index is 8.74. The normalized spacial score (nSPS) is 10.5. The summed E-state index contributed by atoms with van der Waals surface area (Å²) in [5.74, 6) is 0. The molecule has 0 spiro atoms. The van der Waals surface area contributed by atoms with Crippen LogP contribution in [0.3, 0.4) is 0 Å².